The van der Waals surface area contributed by atoms with E-state index in [4.69, 9.17) is 14.2 Å². The van der Waals surface area contributed by atoms with E-state index in [0.717, 1.165) is 0 Å². The molecule has 8 heteroatoms. The van der Waals surface area contributed by atoms with E-state index < -0.39 is 53.8 Å². The molecule has 0 amide bonds. The van der Waals surface area contributed by atoms with Gasteiger partial charge in [-0.15, -0.1) is 0 Å². The average Bonchev–Trinajstić information content (AvgIpc) is 2.84. The van der Waals surface area contributed by atoms with Gasteiger partial charge in [-0.05, 0) is 33.8 Å². The normalized spacial score (nSPS) is 36.9. The van der Waals surface area contributed by atoms with Gasteiger partial charge in [-0.3, -0.25) is 0 Å². The number of fused-ring (bicyclic) bond motifs is 1. The second kappa shape index (κ2) is 7.28. The summed E-state index contributed by atoms with van der Waals surface area (Å²) in [6, 6.07) is 0. The standard InChI is InChI=1S/C19H24O8/c1-8(2)16(21)27-14-13-10(4)18(23)26-12(13)7-9(3)17(22)25-11(5)19(6,24)15(14)20/h7,11-15,20,24H,1,4H2,2-3,5-6H3. The highest BCUT2D eigenvalue weighted by Crippen LogP contribution is 2.38. The van der Waals surface area contributed by atoms with Crippen LogP contribution < -0.4 is 0 Å². The number of rotatable bonds is 2. The van der Waals surface area contributed by atoms with Gasteiger partial charge in [0, 0.05) is 16.7 Å². The third-order valence-electron chi connectivity index (χ3n) is 4.96. The summed E-state index contributed by atoms with van der Waals surface area (Å²) in [7, 11) is 0. The van der Waals surface area contributed by atoms with Crippen molar-refractivity contribution in [2.45, 2.75) is 57.7 Å². The van der Waals surface area contributed by atoms with Crippen molar-refractivity contribution in [2.24, 2.45) is 5.92 Å². The van der Waals surface area contributed by atoms with Crippen molar-refractivity contribution >= 4 is 17.9 Å². The van der Waals surface area contributed by atoms with Gasteiger partial charge in [0.25, 0.3) is 0 Å². The van der Waals surface area contributed by atoms with Gasteiger partial charge < -0.3 is 24.4 Å². The van der Waals surface area contributed by atoms with Crippen LogP contribution in [-0.4, -0.2) is 58.1 Å². The zero-order chi connectivity index (χ0) is 20.7. The highest BCUT2D eigenvalue weighted by molar-refractivity contribution is 5.93. The SMILES string of the molecule is C=C(C)C(=O)OC1C2C(=C)C(=O)OC2C=C(C)C(=O)OC(C)C(C)(O)C1O. The van der Waals surface area contributed by atoms with E-state index in [1.807, 2.05) is 0 Å². The van der Waals surface area contributed by atoms with Crippen LogP contribution in [0.25, 0.3) is 0 Å². The van der Waals surface area contributed by atoms with Gasteiger partial charge in [0.15, 0.2) is 0 Å². The largest absolute Gasteiger partial charge is 0.456 e. The molecule has 2 aliphatic rings. The summed E-state index contributed by atoms with van der Waals surface area (Å²) in [4.78, 5) is 36.4. The molecule has 0 saturated carbocycles. The minimum Gasteiger partial charge on any atom is -0.456 e. The molecule has 6 atom stereocenters. The van der Waals surface area contributed by atoms with Crippen LogP contribution in [0.15, 0.2) is 36.0 Å². The average molecular weight is 380 g/mol. The van der Waals surface area contributed by atoms with Crippen molar-refractivity contribution in [3.8, 4) is 0 Å². The number of hydrogen-bond donors (Lipinski definition) is 2. The van der Waals surface area contributed by atoms with Crippen molar-refractivity contribution in [3.05, 3.63) is 36.0 Å². The summed E-state index contributed by atoms with van der Waals surface area (Å²) in [5.74, 6) is -3.31. The third-order valence-corrected chi connectivity index (χ3v) is 4.96. The molecule has 0 bridgehead atoms. The van der Waals surface area contributed by atoms with Crippen LogP contribution >= 0.6 is 0 Å². The summed E-state index contributed by atoms with van der Waals surface area (Å²) in [5, 5.41) is 21.7. The van der Waals surface area contributed by atoms with Crippen molar-refractivity contribution in [1.29, 1.82) is 0 Å². The number of ether oxygens (including phenoxy) is 3. The van der Waals surface area contributed by atoms with Crippen LogP contribution in [0.1, 0.15) is 27.7 Å². The Bertz CT molecular complexity index is 732. The maximum Gasteiger partial charge on any atom is 0.334 e. The zero-order valence-corrected chi connectivity index (χ0v) is 15.7. The van der Waals surface area contributed by atoms with Crippen molar-refractivity contribution in [1.82, 2.24) is 0 Å². The second-order valence-electron chi connectivity index (χ2n) is 7.14. The highest BCUT2D eigenvalue weighted by atomic mass is 16.6. The Morgan fingerprint density at radius 2 is 1.89 bits per heavy atom. The number of aliphatic hydroxyl groups excluding tert-OH is 1. The van der Waals surface area contributed by atoms with Crippen molar-refractivity contribution in [3.63, 3.8) is 0 Å². The molecule has 2 aliphatic heterocycles. The first-order chi connectivity index (χ1) is 12.4. The number of aliphatic hydroxyl groups is 2. The molecule has 0 spiro atoms. The lowest BCUT2D eigenvalue weighted by molar-refractivity contribution is -0.201. The highest BCUT2D eigenvalue weighted by Gasteiger charge is 2.54. The molecule has 0 aromatic carbocycles. The molecule has 148 valence electrons. The van der Waals surface area contributed by atoms with E-state index in [1.165, 1.54) is 33.8 Å². The third kappa shape index (κ3) is 3.81. The molecule has 6 unspecified atom stereocenters. The van der Waals surface area contributed by atoms with Crippen molar-refractivity contribution < 1.29 is 38.8 Å². The van der Waals surface area contributed by atoms with Crippen LogP contribution in [0.3, 0.4) is 0 Å². The molecule has 0 aromatic rings. The minimum atomic E-state index is -2.00. The first-order valence-electron chi connectivity index (χ1n) is 8.44. The van der Waals surface area contributed by atoms with Gasteiger partial charge in [-0.1, -0.05) is 13.2 Å². The fourth-order valence-electron chi connectivity index (χ4n) is 2.95. The first kappa shape index (κ1) is 20.9. The van der Waals surface area contributed by atoms with Crippen molar-refractivity contribution in [2.75, 3.05) is 0 Å². The first-order valence-corrected chi connectivity index (χ1v) is 8.44. The molecular formula is C19H24O8. The minimum absolute atomic E-state index is 0.0417. The van der Waals surface area contributed by atoms with Gasteiger partial charge in [0.1, 0.15) is 30.0 Å². The molecule has 2 N–H and O–H groups in total. The second-order valence-corrected chi connectivity index (χ2v) is 7.14. The number of cyclic esters (lactones) is 1. The van der Waals surface area contributed by atoms with Gasteiger partial charge in [0.2, 0.25) is 0 Å². The van der Waals surface area contributed by atoms with Crippen LogP contribution in [0, 0.1) is 5.92 Å². The number of carbonyl (C=O) groups is 3. The maximum atomic E-state index is 12.2. The zero-order valence-electron chi connectivity index (χ0n) is 15.7. The lowest BCUT2D eigenvalue weighted by Gasteiger charge is -2.40. The summed E-state index contributed by atoms with van der Waals surface area (Å²) < 4.78 is 15.8. The quantitative estimate of drug-likeness (QED) is 0.405. The topological polar surface area (TPSA) is 119 Å². The Morgan fingerprint density at radius 1 is 1.30 bits per heavy atom. The van der Waals surface area contributed by atoms with E-state index in [2.05, 4.69) is 13.2 Å². The molecule has 0 radical (unpaired) electrons. The molecule has 0 aliphatic carbocycles. The number of esters is 3. The molecule has 0 aromatic heterocycles. The fraction of sp³-hybridized carbons (Fsp3) is 0.526. The Hall–Kier alpha value is -2.45. The fourth-order valence-corrected chi connectivity index (χ4v) is 2.95. The Kier molecular flexibility index (Phi) is 5.63. The van der Waals surface area contributed by atoms with Crippen LogP contribution in [-0.2, 0) is 28.6 Å². The summed E-state index contributed by atoms with van der Waals surface area (Å²) >= 11 is 0. The Balaban J connectivity index is 2.61. The van der Waals surface area contributed by atoms with Gasteiger partial charge >= 0.3 is 17.9 Å². The van der Waals surface area contributed by atoms with E-state index >= 15 is 0 Å². The smallest absolute Gasteiger partial charge is 0.334 e. The molecule has 1 saturated heterocycles. The summed E-state index contributed by atoms with van der Waals surface area (Å²) in [6.45, 7) is 12.7. The molecule has 2 rings (SSSR count). The lowest BCUT2D eigenvalue weighted by Crippen LogP contribution is -2.58. The molecular weight excluding hydrogens is 356 g/mol. The maximum absolute atomic E-state index is 12.2. The van der Waals surface area contributed by atoms with E-state index in [1.54, 1.807) is 0 Å². The van der Waals surface area contributed by atoms with Crippen LogP contribution in [0.4, 0.5) is 0 Å². The molecule has 1 fully saturated rings. The summed E-state index contributed by atoms with van der Waals surface area (Å²) in [5.41, 5.74) is -1.84. The van der Waals surface area contributed by atoms with E-state index in [-0.39, 0.29) is 16.7 Å². The van der Waals surface area contributed by atoms with Gasteiger partial charge in [0.05, 0.1) is 5.92 Å². The summed E-state index contributed by atoms with van der Waals surface area (Å²) in [6.07, 6.45) is -3.92. The molecule has 27 heavy (non-hydrogen) atoms. The Morgan fingerprint density at radius 3 is 2.44 bits per heavy atom. The predicted octanol–water partition coefficient (Wildman–Crippen LogP) is 0.576. The Labute approximate surface area is 157 Å². The number of hydrogen-bond acceptors (Lipinski definition) is 8. The van der Waals surface area contributed by atoms with Crippen LogP contribution in [0.2, 0.25) is 0 Å². The lowest BCUT2D eigenvalue weighted by atomic mass is 9.79. The van der Waals surface area contributed by atoms with Crippen LogP contribution in [0.5, 0.6) is 0 Å². The molecule has 8 nitrogen and oxygen atoms in total. The predicted molar refractivity (Wildman–Crippen MR) is 93.1 cm³/mol. The van der Waals surface area contributed by atoms with E-state index in [9.17, 15) is 24.6 Å². The van der Waals surface area contributed by atoms with Gasteiger partial charge in [-0.2, -0.15) is 0 Å². The van der Waals surface area contributed by atoms with Gasteiger partial charge in [-0.25, -0.2) is 14.4 Å². The number of carbonyl (C=O) groups excluding carboxylic acids is 3. The monoisotopic (exact) mass is 380 g/mol. The molecule has 2 heterocycles. The van der Waals surface area contributed by atoms with E-state index in [0.29, 0.717) is 0 Å².